The van der Waals surface area contributed by atoms with E-state index in [0.717, 1.165) is 4.68 Å². The van der Waals surface area contributed by atoms with Crippen molar-refractivity contribution in [1.29, 1.82) is 0 Å². The fourth-order valence-electron chi connectivity index (χ4n) is 0.953. The van der Waals surface area contributed by atoms with Gasteiger partial charge in [0.05, 0.1) is 11.8 Å². The zero-order valence-electron chi connectivity index (χ0n) is 7.20. The van der Waals surface area contributed by atoms with Gasteiger partial charge in [-0.15, -0.1) is 0 Å². The van der Waals surface area contributed by atoms with E-state index >= 15 is 0 Å². The maximum atomic E-state index is 11.9. The molecule has 0 atom stereocenters. The van der Waals surface area contributed by atoms with Crippen molar-refractivity contribution >= 4 is 5.78 Å². The summed E-state index contributed by atoms with van der Waals surface area (Å²) in [5, 5.41) is 3.64. The fraction of sp³-hybridized carbons (Fsp3) is 0.500. The lowest BCUT2D eigenvalue weighted by Crippen LogP contribution is -2.06. The van der Waals surface area contributed by atoms with E-state index in [1.807, 2.05) is 0 Å². The van der Waals surface area contributed by atoms with E-state index in [-0.39, 0.29) is 5.78 Å². The Bertz CT molecular complexity index is 296. The molecule has 0 amide bonds. The van der Waals surface area contributed by atoms with Gasteiger partial charge in [0.2, 0.25) is 0 Å². The summed E-state index contributed by atoms with van der Waals surface area (Å²) in [4.78, 5) is 11.1. The summed E-state index contributed by atoms with van der Waals surface area (Å²) in [6.07, 6.45) is 0.580. The summed E-state index contributed by atoms with van der Waals surface area (Å²) < 4.78 is 24.8. The number of Topliss-reactive ketones (excluding diaryl/α,β-unsaturated/α-hetero) is 1. The quantitative estimate of drug-likeness (QED) is 0.674. The van der Waals surface area contributed by atoms with Gasteiger partial charge in [0.25, 0.3) is 6.43 Å². The minimum absolute atomic E-state index is 0.0829. The lowest BCUT2D eigenvalue weighted by Gasteiger charge is -1.97. The second-order valence-corrected chi connectivity index (χ2v) is 2.62. The van der Waals surface area contributed by atoms with Gasteiger partial charge < -0.3 is 0 Å². The van der Waals surface area contributed by atoms with Crippen LogP contribution in [0.25, 0.3) is 0 Å². The molecular weight excluding hydrogens is 178 g/mol. The molecule has 0 aliphatic carbocycles. The molecule has 1 rings (SSSR count). The molecule has 1 heterocycles. The molecule has 0 unspecified atom stereocenters. The number of carbonyl (C=O) groups excluding carboxylic acids is 1. The minimum Gasteiger partial charge on any atom is -0.294 e. The van der Waals surface area contributed by atoms with Gasteiger partial charge in [-0.3, -0.25) is 9.48 Å². The van der Waals surface area contributed by atoms with Crippen LogP contribution in [0.3, 0.4) is 0 Å². The number of hydrogen-bond acceptors (Lipinski definition) is 2. The highest BCUT2D eigenvalue weighted by Gasteiger charge is 2.08. The number of carbonyl (C=O) groups is 1. The molecule has 3 nitrogen and oxygen atoms in total. The summed E-state index contributed by atoms with van der Waals surface area (Å²) in [5.74, 6) is -0.0829. The van der Waals surface area contributed by atoms with Crippen LogP contribution >= 0.6 is 0 Å². The zero-order chi connectivity index (χ0) is 9.84. The van der Waals surface area contributed by atoms with E-state index in [9.17, 15) is 13.6 Å². The first-order valence-electron chi connectivity index (χ1n) is 3.97. The second kappa shape index (κ2) is 4.11. The smallest absolute Gasteiger partial charge is 0.257 e. The number of rotatable bonds is 4. The van der Waals surface area contributed by atoms with E-state index in [4.69, 9.17) is 0 Å². The Morgan fingerprint density at radius 2 is 2.38 bits per heavy atom. The van der Waals surface area contributed by atoms with Gasteiger partial charge >= 0.3 is 0 Å². The van der Waals surface area contributed by atoms with E-state index < -0.39 is 13.0 Å². The maximum absolute atomic E-state index is 11.9. The lowest BCUT2D eigenvalue weighted by molar-refractivity contribution is 0.0986. The van der Waals surface area contributed by atoms with Gasteiger partial charge in [0.15, 0.2) is 5.78 Å². The number of halogens is 2. The van der Waals surface area contributed by atoms with Crippen molar-refractivity contribution < 1.29 is 13.6 Å². The van der Waals surface area contributed by atoms with Crippen molar-refractivity contribution in [3.05, 3.63) is 18.0 Å². The third kappa shape index (κ3) is 2.61. The van der Waals surface area contributed by atoms with Gasteiger partial charge in [-0.05, 0) is 0 Å². The summed E-state index contributed by atoms with van der Waals surface area (Å²) in [6, 6.07) is 0. The number of alkyl halides is 2. The molecule has 0 aliphatic rings. The first-order chi connectivity index (χ1) is 6.13. The lowest BCUT2D eigenvalue weighted by atomic mass is 10.2. The molecule has 1 aromatic heterocycles. The van der Waals surface area contributed by atoms with Gasteiger partial charge in [-0.1, -0.05) is 6.92 Å². The Kier molecular flexibility index (Phi) is 3.11. The average molecular weight is 188 g/mol. The van der Waals surface area contributed by atoms with Crippen LogP contribution in [0, 0.1) is 0 Å². The van der Waals surface area contributed by atoms with Crippen molar-refractivity contribution in [1.82, 2.24) is 9.78 Å². The molecule has 72 valence electrons. The predicted molar refractivity (Wildman–Crippen MR) is 42.9 cm³/mol. The Hall–Kier alpha value is -1.26. The minimum atomic E-state index is -2.44. The third-order valence-electron chi connectivity index (χ3n) is 1.60. The van der Waals surface area contributed by atoms with Crippen molar-refractivity contribution in [2.24, 2.45) is 0 Å². The molecule has 0 radical (unpaired) electrons. The first-order valence-corrected chi connectivity index (χ1v) is 3.97. The van der Waals surface area contributed by atoms with E-state index in [0.29, 0.717) is 12.0 Å². The number of hydrogen-bond donors (Lipinski definition) is 0. The average Bonchev–Trinajstić information content (AvgIpc) is 2.50. The molecule has 13 heavy (non-hydrogen) atoms. The van der Waals surface area contributed by atoms with Crippen molar-refractivity contribution in [3.63, 3.8) is 0 Å². The standard InChI is InChI=1S/C8H10F2N2O/c1-2-7(13)6-3-11-12(4-6)5-8(9)10/h3-4,8H,2,5H2,1H3. The molecule has 0 spiro atoms. The third-order valence-corrected chi connectivity index (χ3v) is 1.60. The highest BCUT2D eigenvalue weighted by molar-refractivity contribution is 5.95. The number of ketones is 1. The predicted octanol–water partition coefficient (Wildman–Crippen LogP) is 1.74. The van der Waals surface area contributed by atoms with Crippen LogP contribution in [0.4, 0.5) is 8.78 Å². The Morgan fingerprint density at radius 3 is 2.92 bits per heavy atom. The number of nitrogens with zero attached hydrogens (tertiary/aromatic N) is 2. The van der Waals surface area contributed by atoms with Gasteiger partial charge in [-0.2, -0.15) is 5.10 Å². The Balaban J connectivity index is 2.69. The van der Waals surface area contributed by atoms with Crippen molar-refractivity contribution in [3.8, 4) is 0 Å². The SMILES string of the molecule is CCC(=O)c1cnn(CC(F)F)c1. The molecule has 0 aromatic carbocycles. The van der Waals surface area contributed by atoms with Crippen LogP contribution in [-0.2, 0) is 6.54 Å². The molecule has 1 aromatic rings. The fourth-order valence-corrected chi connectivity index (χ4v) is 0.953. The van der Waals surface area contributed by atoms with E-state index in [2.05, 4.69) is 5.10 Å². The van der Waals surface area contributed by atoms with Crippen LogP contribution < -0.4 is 0 Å². The highest BCUT2D eigenvalue weighted by Crippen LogP contribution is 2.04. The number of aromatic nitrogens is 2. The summed E-state index contributed by atoms with van der Waals surface area (Å²) in [5.41, 5.74) is 0.392. The van der Waals surface area contributed by atoms with Gasteiger partial charge in [0, 0.05) is 12.6 Å². The first kappa shape index (κ1) is 9.83. The van der Waals surface area contributed by atoms with Gasteiger partial charge in [-0.25, -0.2) is 8.78 Å². The van der Waals surface area contributed by atoms with Crippen LogP contribution in [0.2, 0.25) is 0 Å². The molecule has 0 N–H and O–H groups in total. The Morgan fingerprint density at radius 1 is 1.69 bits per heavy atom. The summed E-state index contributed by atoms with van der Waals surface area (Å²) in [7, 11) is 0. The second-order valence-electron chi connectivity index (χ2n) is 2.62. The van der Waals surface area contributed by atoms with E-state index in [1.54, 1.807) is 6.92 Å². The molecule has 5 heteroatoms. The van der Waals surface area contributed by atoms with E-state index in [1.165, 1.54) is 12.4 Å². The maximum Gasteiger partial charge on any atom is 0.257 e. The summed E-state index contributed by atoms with van der Waals surface area (Å²) >= 11 is 0. The molecule has 0 saturated heterocycles. The van der Waals surface area contributed by atoms with Crippen LogP contribution in [0.5, 0.6) is 0 Å². The largest absolute Gasteiger partial charge is 0.294 e. The topological polar surface area (TPSA) is 34.9 Å². The molecule has 0 saturated carbocycles. The molecule has 0 bridgehead atoms. The van der Waals surface area contributed by atoms with Crippen molar-refractivity contribution in [2.75, 3.05) is 0 Å². The zero-order valence-corrected chi connectivity index (χ0v) is 7.20. The molecule has 0 fully saturated rings. The van der Waals surface area contributed by atoms with Crippen LogP contribution in [0.15, 0.2) is 12.4 Å². The molecular formula is C8H10F2N2O. The highest BCUT2D eigenvalue weighted by atomic mass is 19.3. The summed E-state index contributed by atoms with van der Waals surface area (Å²) in [6.45, 7) is 1.25. The van der Waals surface area contributed by atoms with Gasteiger partial charge in [0.1, 0.15) is 6.54 Å². The van der Waals surface area contributed by atoms with Crippen LogP contribution in [0.1, 0.15) is 23.7 Å². The monoisotopic (exact) mass is 188 g/mol. The normalized spacial score (nSPS) is 10.8. The Labute approximate surface area is 74.4 Å². The van der Waals surface area contributed by atoms with Crippen molar-refractivity contribution in [2.45, 2.75) is 26.3 Å². The van der Waals surface area contributed by atoms with Crippen LogP contribution in [-0.4, -0.2) is 22.0 Å². The molecule has 0 aliphatic heterocycles.